The van der Waals surface area contributed by atoms with E-state index < -0.39 is 11.6 Å². The van der Waals surface area contributed by atoms with Crippen LogP contribution >= 0.6 is 12.4 Å². The number of carbonyl (C=O) groups excluding carboxylic acids is 1. The van der Waals surface area contributed by atoms with Crippen LogP contribution < -0.4 is 10.6 Å². The Balaban J connectivity index is 0.00000144. The number of hydrogen-bond donors (Lipinski definition) is 2. The van der Waals surface area contributed by atoms with Crippen molar-refractivity contribution in [2.24, 2.45) is 0 Å². The Kier molecular flexibility index (Phi) is 4.84. The molecule has 6 heteroatoms. The summed E-state index contributed by atoms with van der Waals surface area (Å²) in [5, 5.41) is 5.57. The lowest BCUT2D eigenvalue weighted by Crippen LogP contribution is -2.35. The van der Waals surface area contributed by atoms with Crippen molar-refractivity contribution in [3.63, 3.8) is 0 Å². The molecule has 3 nitrogen and oxygen atoms in total. The second kappa shape index (κ2) is 5.93. The molecule has 2 N–H and O–H groups in total. The lowest BCUT2D eigenvalue weighted by atomic mass is 10.2. The standard InChI is InChI=1S/C11H12F2N2O.ClH/c12-8-4-3-7(6-9(8)13)15-11(16)10-2-1-5-14-10;/h3-4,6,10,14H,1-2,5H2,(H,15,16);1H. The van der Waals surface area contributed by atoms with Gasteiger partial charge in [-0.1, -0.05) is 0 Å². The number of amides is 1. The summed E-state index contributed by atoms with van der Waals surface area (Å²) >= 11 is 0. The van der Waals surface area contributed by atoms with Crippen LogP contribution in [0.1, 0.15) is 12.8 Å². The van der Waals surface area contributed by atoms with Crippen molar-refractivity contribution in [2.45, 2.75) is 18.9 Å². The van der Waals surface area contributed by atoms with Gasteiger partial charge in [0.1, 0.15) is 0 Å². The van der Waals surface area contributed by atoms with Crippen LogP contribution in [0.15, 0.2) is 18.2 Å². The van der Waals surface area contributed by atoms with E-state index in [0.29, 0.717) is 0 Å². The van der Waals surface area contributed by atoms with E-state index in [1.807, 2.05) is 0 Å². The minimum atomic E-state index is -0.961. The first kappa shape index (κ1) is 13.9. The molecule has 0 bridgehead atoms. The molecule has 1 aromatic carbocycles. The average molecular weight is 263 g/mol. The summed E-state index contributed by atoms with van der Waals surface area (Å²) in [6.07, 6.45) is 1.73. The van der Waals surface area contributed by atoms with E-state index >= 15 is 0 Å². The van der Waals surface area contributed by atoms with Gasteiger partial charge in [0.05, 0.1) is 6.04 Å². The molecular weight excluding hydrogens is 250 g/mol. The number of carbonyl (C=O) groups is 1. The second-order valence-electron chi connectivity index (χ2n) is 3.77. The Bertz CT molecular complexity index is 408. The zero-order valence-electron chi connectivity index (χ0n) is 9.00. The van der Waals surface area contributed by atoms with Crippen molar-refractivity contribution in [3.05, 3.63) is 29.8 Å². The molecule has 1 unspecified atom stereocenters. The third-order valence-corrected chi connectivity index (χ3v) is 2.56. The number of nitrogens with one attached hydrogen (secondary N) is 2. The minimum Gasteiger partial charge on any atom is -0.325 e. The summed E-state index contributed by atoms with van der Waals surface area (Å²) in [4.78, 5) is 11.6. The van der Waals surface area contributed by atoms with Crippen LogP contribution in [-0.4, -0.2) is 18.5 Å². The van der Waals surface area contributed by atoms with E-state index in [9.17, 15) is 13.6 Å². The smallest absolute Gasteiger partial charge is 0.241 e. The predicted molar refractivity (Wildman–Crippen MR) is 63.3 cm³/mol. The molecule has 1 heterocycles. The van der Waals surface area contributed by atoms with E-state index in [1.165, 1.54) is 6.07 Å². The zero-order valence-corrected chi connectivity index (χ0v) is 9.82. The van der Waals surface area contributed by atoms with Gasteiger partial charge >= 0.3 is 0 Å². The van der Waals surface area contributed by atoms with E-state index in [1.54, 1.807) is 0 Å². The Hall–Kier alpha value is -1.20. The highest BCUT2D eigenvalue weighted by Gasteiger charge is 2.21. The molecule has 0 spiro atoms. The van der Waals surface area contributed by atoms with Gasteiger partial charge in [-0.2, -0.15) is 0 Å². The molecule has 94 valence electrons. The molecule has 1 fully saturated rings. The van der Waals surface area contributed by atoms with Crippen molar-refractivity contribution in [3.8, 4) is 0 Å². The van der Waals surface area contributed by atoms with Gasteiger partial charge in [0.15, 0.2) is 11.6 Å². The van der Waals surface area contributed by atoms with E-state index in [4.69, 9.17) is 0 Å². The first-order valence-electron chi connectivity index (χ1n) is 5.16. The lowest BCUT2D eigenvalue weighted by Gasteiger charge is -2.10. The maximum Gasteiger partial charge on any atom is 0.241 e. The monoisotopic (exact) mass is 262 g/mol. The summed E-state index contributed by atoms with van der Waals surface area (Å²) in [7, 11) is 0. The van der Waals surface area contributed by atoms with Crippen molar-refractivity contribution in [1.82, 2.24) is 5.32 Å². The Morgan fingerprint density at radius 3 is 2.71 bits per heavy atom. The lowest BCUT2D eigenvalue weighted by molar-refractivity contribution is -0.117. The molecule has 0 aromatic heterocycles. The Labute approximate surface area is 104 Å². The summed E-state index contributed by atoms with van der Waals surface area (Å²) in [5.74, 6) is -2.09. The van der Waals surface area contributed by atoms with Gasteiger partial charge in [-0.25, -0.2) is 8.78 Å². The summed E-state index contributed by atoms with van der Waals surface area (Å²) in [5.41, 5.74) is 0.276. The highest BCUT2D eigenvalue weighted by molar-refractivity contribution is 5.94. The van der Waals surface area contributed by atoms with Gasteiger partial charge in [0.25, 0.3) is 0 Å². The zero-order chi connectivity index (χ0) is 11.5. The average Bonchev–Trinajstić information content (AvgIpc) is 2.77. The topological polar surface area (TPSA) is 41.1 Å². The first-order valence-corrected chi connectivity index (χ1v) is 5.16. The fourth-order valence-electron chi connectivity index (χ4n) is 1.71. The van der Waals surface area contributed by atoms with E-state index in [-0.39, 0.29) is 30.0 Å². The maximum absolute atomic E-state index is 12.9. The van der Waals surface area contributed by atoms with Crippen LogP contribution in [0.4, 0.5) is 14.5 Å². The normalized spacial score (nSPS) is 18.6. The summed E-state index contributed by atoms with van der Waals surface area (Å²) in [6, 6.07) is 3.08. The van der Waals surface area contributed by atoms with Gasteiger partial charge in [-0.15, -0.1) is 12.4 Å². The van der Waals surface area contributed by atoms with Crippen LogP contribution in [-0.2, 0) is 4.79 Å². The molecule has 1 atom stereocenters. The van der Waals surface area contributed by atoms with E-state index in [2.05, 4.69) is 10.6 Å². The third-order valence-electron chi connectivity index (χ3n) is 2.56. The van der Waals surface area contributed by atoms with Gasteiger partial charge in [-0.05, 0) is 31.5 Å². The molecule has 1 amide bonds. The van der Waals surface area contributed by atoms with Crippen molar-refractivity contribution in [2.75, 3.05) is 11.9 Å². The van der Waals surface area contributed by atoms with Crippen LogP contribution in [0.25, 0.3) is 0 Å². The fourth-order valence-corrected chi connectivity index (χ4v) is 1.71. The Morgan fingerprint density at radius 2 is 2.12 bits per heavy atom. The highest BCUT2D eigenvalue weighted by Crippen LogP contribution is 2.14. The Morgan fingerprint density at radius 1 is 1.35 bits per heavy atom. The largest absolute Gasteiger partial charge is 0.325 e. The van der Waals surface area contributed by atoms with Gasteiger partial charge in [0.2, 0.25) is 5.91 Å². The second-order valence-corrected chi connectivity index (χ2v) is 3.77. The van der Waals surface area contributed by atoms with Crippen LogP contribution in [0.3, 0.4) is 0 Å². The van der Waals surface area contributed by atoms with Crippen molar-refractivity contribution >= 4 is 24.0 Å². The molecule has 1 aliphatic rings. The predicted octanol–water partition coefficient (Wildman–Crippen LogP) is 2.08. The minimum absolute atomic E-state index is 0. The molecule has 1 aliphatic heterocycles. The molecule has 2 rings (SSSR count). The SMILES string of the molecule is Cl.O=C(Nc1ccc(F)c(F)c1)C1CCCN1. The molecule has 1 saturated heterocycles. The first-order chi connectivity index (χ1) is 7.66. The van der Waals surface area contributed by atoms with Crippen LogP contribution in [0.5, 0.6) is 0 Å². The maximum atomic E-state index is 12.9. The van der Waals surface area contributed by atoms with Gasteiger partial charge in [-0.3, -0.25) is 4.79 Å². The number of anilines is 1. The number of hydrogen-bond acceptors (Lipinski definition) is 2. The highest BCUT2D eigenvalue weighted by atomic mass is 35.5. The number of rotatable bonds is 2. The van der Waals surface area contributed by atoms with Crippen molar-refractivity contribution < 1.29 is 13.6 Å². The molecule has 17 heavy (non-hydrogen) atoms. The molecule has 0 saturated carbocycles. The fraction of sp³-hybridized carbons (Fsp3) is 0.364. The van der Waals surface area contributed by atoms with Crippen LogP contribution in [0, 0.1) is 11.6 Å². The quantitative estimate of drug-likeness (QED) is 0.857. The van der Waals surface area contributed by atoms with Crippen molar-refractivity contribution in [1.29, 1.82) is 0 Å². The summed E-state index contributed by atoms with van der Waals surface area (Å²) in [6.45, 7) is 0.815. The summed E-state index contributed by atoms with van der Waals surface area (Å²) < 4.78 is 25.5. The molecular formula is C11H13ClF2N2O. The van der Waals surface area contributed by atoms with Gasteiger partial charge < -0.3 is 10.6 Å². The number of halogens is 3. The molecule has 0 aliphatic carbocycles. The van der Waals surface area contributed by atoms with E-state index in [0.717, 1.165) is 31.5 Å². The van der Waals surface area contributed by atoms with Crippen LogP contribution in [0.2, 0.25) is 0 Å². The third kappa shape index (κ3) is 3.38. The molecule has 0 radical (unpaired) electrons. The molecule has 1 aromatic rings. The number of benzene rings is 1. The van der Waals surface area contributed by atoms with Gasteiger partial charge in [0, 0.05) is 11.8 Å².